The minimum absolute atomic E-state index is 0.00927. The smallest absolute Gasteiger partial charge is 0.224 e. The second-order valence-corrected chi connectivity index (χ2v) is 5.01. The highest BCUT2D eigenvalue weighted by Crippen LogP contribution is 2.20. The number of hydrogen-bond acceptors (Lipinski definition) is 3. The summed E-state index contributed by atoms with van der Waals surface area (Å²) in [4.78, 5) is 13.5. The van der Waals surface area contributed by atoms with Crippen LogP contribution >= 0.6 is 11.6 Å². The molecule has 2 N–H and O–H groups in total. The van der Waals surface area contributed by atoms with Crippen LogP contribution in [0.1, 0.15) is 26.7 Å². The van der Waals surface area contributed by atoms with Crippen LogP contribution in [0, 0.1) is 0 Å². The van der Waals surface area contributed by atoms with Gasteiger partial charge >= 0.3 is 0 Å². The SMILES string of the molecule is CCCN(CC(O)CCl)c1cccc(NC(=O)CC)c1. The van der Waals surface area contributed by atoms with Crippen LogP contribution in [0.3, 0.4) is 0 Å². The van der Waals surface area contributed by atoms with Crippen molar-refractivity contribution in [1.82, 2.24) is 0 Å². The van der Waals surface area contributed by atoms with Crippen molar-refractivity contribution in [2.45, 2.75) is 32.8 Å². The lowest BCUT2D eigenvalue weighted by Crippen LogP contribution is -2.34. The first-order valence-electron chi connectivity index (χ1n) is 6.99. The van der Waals surface area contributed by atoms with Gasteiger partial charge in [0.15, 0.2) is 0 Å². The average Bonchev–Trinajstić information content (AvgIpc) is 2.46. The number of aliphatic hydroxyl groups excluding tert-OH is 1. The van der Waals surface area contributed by atoms with E-state index in [1.807, 2.05) is 31.2 Å². The number of alkyl halides is 1. The number of anilines is 2. The van der Waals surface area contributed by atoms with Crippen molar-refractivity contribution < 1.29 is 9.90 Å². The Kier molecular flexibility index (Phi) is 7.41. The maximum atomic E-state index is 11.4. The lowest BCUT2D eigenvalue weighted by Gasteiger charge is -2.26. The van der Waals surface area contributed by atoms with Gasteiger partial charge in [-0.1, -0.05) is 19.9 Å². The molecule has 1 aromatic rings. The van der Waals surface area contributed by atoms with E-state index in [2.05, 4.69) is 17.1 Å². The first kappa shape index (κ1) is 16.8. The minimum atomic E-state index is -0.558. The van der Waals surface area contributed by atoms with Gasteiger partial charge < -0.3 is 15.3 Å². The molecule has 0 aliphatic rings. The Hall–Kier alpha value is -1.26. The monoisotopic (exact) mass is 298 g/mol. The molecule has 4 nitrogen and oxygen atoms in total. The zero-order valence-electron chi connectivity index (χ0n) is 12.1. The molecule has 0 aliphatic carbocycles. The van der Waals surface area contributed by atoms with Gasteiger partial charge in [0.1, 0.15) is 0 Å². The van der Waals surface area contributed by atoms with Crippen LogP contribution < -0.4 is 10.2 Å². The Bertz CT molecular complexity index is 426. The van der Waals surface area contributed by atoms with Gasteiger partial charge in [-0.3, -0.25) is 4.79 Å². The highest BCUT2D eigenvalue weighted by Gasteiger charge is 2.12. The van der Waals surface area contributed by atoms with Crippen LogP contribution in [-0.4, -0.2) is 36.1 Å². The number of nitrogens with one attached hydrogen (secondary N) is 1. The summed E-state index contributed by atoms with van der Waals surface area (Å²) in [5.41, 5.74) is 1.75. The van der Waals surface area contributed by atoms with E-state index >= 15 is 0 Å². The van der Waals surface area contributed by atoms with Gasteiger partial charge in [-0.2, -0.15) is 0 Å². The number of rotatable bonds is 8. The summed E-state index contributed by atoms with van der Waals surface area (Å²) in [7, 11) is 0. The van der Waals surface area contributed by atoms with Gasteiger partial charge in [0.05, 0.1) is 12.0 Å². The third-order valence-electron chi connectivity index (χ3n) is 2.92. The zero-order valence-corrected chi connectivity index (χ0v) is 12.9. The lowest BCUT2D eigenvalue weighted by atomic mass is 10.2. The molecule has 0 radical (unpaired) electrons. The number of halogens is 1. The molecule has 0 fully saturated rings. The predicted molar refractivity (Wildman–Crippen MR) is 84.6 cm³/mol. The van der Waals surface area contributed by atoms with Crippen molar-refractivity contribution in [1.29, 1.82) is 0 Å². The minimum Gasteiger partial charge on any atom is -0.390 e. The number of amides is 1. The second-order valence-electron chi connectivity index (χ2n) is 4.71. The van der Waals surface area contributed by atoms with E-state index in [9.17, 15) is 9.90 Å². The molecule has 1 aromatic carbocycles. The molecular weight excluding hydrogens is 276 g/mol. The van der Waals surface area contributed by atoms with Crippen LogP contribution in [0.2, 0.25) is 0 Å². The van der Waals surface area contributed by atoms with Gasteiger partial charge in [-0.05, 0) is 24.6 Å². The third-order valence-corrected chi connectivity index (χ3v) is 3.28. The molecule has 112 valence electrons. The molecule has 5 heteroatoms. The van der Waals surface area contributed by atoms with E-state index in [-0.39, 0.29) is 11.8 Å². The molecule has 0 heterocycles. The fourth-order valence-corrected chi connectivity index (χ4v) is 2.03. The molecule has 0 aromatic heterocycles. The fraction of sp³-hybridized carbons (Fsp3) is 0.533. The molecule has 1 unspecified atom stereocenters. The summed E-state index contributed by atoms with van der Waals surface area (Å²) < 4.78 is 0. The number of aliphatic hydroxyl groups is 1. The number of carbonyl (C=O) groups is 1. The Labute approximate surface area is 125 Å². The third kappa shape index (κ3) is 5.39. The summed E-state index contributed by atoms with van der Waals surface area (Å²) in [6, 6.07) is 7.65. The van der Waals surface area contributed by atoms with E-state index < -0.39 is 6.10 Å². The van der Waals surface area contributed by atoms with E-state index in [0.29, 0.717) is 13.0 Å². The summed E-state index contributed by atoms with van der Waals surface area (Å²) >= 11 is 5.67. The standard InChI is InChI=1S/C15H23ClN2O2/c1-3-8-18(11-14(19)10-16)13-7-5-6-12(9-13)17-15(20)4-2/h5-7,9,14,19H,3-4,8,10-11H2,1-2H3,(H,17,20). The molecular formula is C15H23ClN2O2. The first-order valence-corrected chi connectivity index (χ1v) is 7.53. The highest BCUT2D eigenvalue weighted by atomic mass is 35.5. The summed E-state index contributed by atoms with van der Waals surface area (Å²) in [6.45, 7) is 5.23. The summed E-state index contributed by atoms with van der Waals surface area (Å²) in [6.07, 6.45) is 0.867. The number of benzene rings is 1. The van der Waals surface area contributed by atoms with E-state index in [1.165, 1.54) is 0 Å². The van der Waals surface area contributed by atoms with Crippen molar-refractivity contribution in [2.75, 3.05) is 29.2 Å². The van der Waals surface area contributed by atoms with Crippen LogP contribution in [-0.2, 0) is 4.79 Å². The van der Waals surface area contributed by atoms with E-state index in [0.717, 1.165) is 24.3 Å². The average molecular weight is 299 g/mol. The molecule has 1 amide bonds. The van der Waals surface area contributed by atoms with Crippen molar-refractivity contribution in [3.8, 4) is 0 Å². The van der Waals surface area contributed by atoms with E-state index in [4.69, 9.17) is 11.6 Å². The second kappa shape index (κ2) is 8.82. The zero-order chi connectivity index (χ0) is 15.0. The number of nitrogens with zero attached hydrogens (tertiary/aromatic N) is 1. The normalized spacial score (nSPS) is 12.0. The van der Waals surface area contributed by atoms with Crippen LogP contribution in [0.5, 0.6) is 0 Å². The number of hydrogen-bond donors (Lipinski definition) is 2. The van der Waals surface area contributed by atoms with E-state index in [1.54, 1.807) is 0 Å². The van der Waals surface area contributed by atoms with Crippen LogP contribution in [0.4, 0.5) is 11.4 Å². The van der Waals surface area contributed by atoms with Crippen molar-refractivity contribution in [3.05, 3.63) is 24.3 Å². The van der Waals surface area contributed by atoms with Gasteiger partial charge in [0.25, 0.3) is 0 Å². The molecule has 0 saturated carbocycles. The Balaban J connectivity index is 2.84. The largest absolute Gasteiger partial charge is 0.390 e. The lowest BCUT2D eigenvalue weighted by molar-refractivity contribution is -0.115. The molecule has 0 saturated heterocycles. The first-order chi connectivity index (χ1) is 9.60. The Morgan fingerprint density at radius 1 is 1.45 bits per heavy atom. The fourth-order valence-electron chi connectivity index (χ4n) is 1.93. The molecule has 0 spiro atoms. The van der Waals surface area contributed by atoms with Gasteiger partial charge in [0.2, 0.25) is 5.91 Å². The Morgan fingerprint density at radius 2 is 2.20 bits per heavy atom. The molecule has 0 bridgehead atoms. The molecule has 1 rings (SSSR count). The summed E-state index contributed by atoms with van der Waals surface area (Å²) in [5.74, 6) is 0.205. The Morgan fingerprint density at radius 3 is 2.80 bits per heavy atom. The van der Waals surface area contributed by atoms with Gasteiger partial charge in [-0.25, -0.2) is 0 Å². The maximum absolute atomic E-state index is 11.4. The van der Waals surface area contributed by atoms with Crippen molar-refractivity contribution in [3.63, 3.8) is 0 Å². The van der Waals surface area contributed by atoms with Crippen molar-refractivity contribution >= 4 is 28.9 Å². The van der Waals surface area contributed by atoms with Crippen molar-refractivity contribution in [2.24, 2.45) is 0 Å². The van der Waals surface area contributed by atoms with Crippen LogP contribution in [0.15, 0.2) is 24.3 Å². The number of carbonyl (C=O) groups excluding carboxylic acids is 1. The topological polar surface area (TPSA) is 52.6 Å². The highest BCUT2D eigenvalue weighted by molar-refractivity contribution is 6.18. The predicted octanol–water partition coefficient (Wildman–Crippen LogP) is 2.85. The maximum Gasteiger partial charge on any atom is 0.224 e. The molecule has 20 heavy (non-hydrogen) atoms. The van der Waals surface area contributed by atoms with Gasteiger partial charge in [-0.15, -0.1) is 11.6 Å². The van der Waals surface area contributed by atoms with Gasteiger partial charge in [0, 0.05) is 30.9 Å². The van der Waals surface area contributed by atoms with Crippen LogP contribution in [0.25, 0.3) is 0 Å². The molecule has 1 atom stereocenters. The quantitative estimate of drug-likeness (QED) is 0.726. The molecule has 0 aliphatic heterocycles. The summed E-state index contributed by atoms with van der Waals surface area (Å²) in [5, 5.41) is 12.6.